The normalized spacial score (nSPS) is 15.1. The van der Waals surface area contributed by atoms with E-state index >= 15 is 0 Å². The van der Waals surface area contributed by atoms with Crippen LogP contribution in [0.25, 0.3) is 0 Å². The van der Waals surface area contributed by atoms with E-state index in [1.807, 2.05) is 0 Å². The summed E-state index contributed by atoms with van der Waals surface area (Å²) < 4.78 is 102. The second-order valence-corrected chi connectivity index (χ2v) is 3.68. The summed E-state index contributed by atoms with van der Waals surface area (Å²) in [6.07, 6.45) is -11.2. The molecule has 0 aliphatic heterocycles. The molecule has 0 amide bonds. The van der Waals surface area contributed by atoms with Crippen molar-refractivity contribution in [3.05, 3.63) is 29.8 Å². The Labute approximate surface area is 107 Å². The van der Waals surface area contributed by atoms with Gasteiger partial charge in [0.05, 0.1) is 0 Å². The maximum Gasteiger partial charge on any atom is 0.573 e. The van der Waals surface area contributed by atoms with Gasteiger partial charge in [-0.05, 0) is 6.07 Å². The Morgan fingerprint density at radius 3 is 1.85 bits per heavy atom. The van der Waals surface area contributed by atoms with Crippen LogP contribution in [0.15, 0.2) is 24.3 Å². The molecule has 1 aromatic rings. The molecular formula is C10H7F8NO. The number of para-hydroxylation sites is 1. The van der Waals surface area contributed by atoms with Crippen LogP contribution in [0.3, 0.4) is 0 Å². The lowest BCUT2D eigenvalue weighted by Crippen LogP contribution is -2.46. The molecule has 0 unspecified atom stereocenters. The van der Waals surface area contributed by atoms with E-state index in [0.29, 0.717) is 12.1 Å². The molecule has 0 aliphatic carbocycles. The minimum absolute atomic E-state index is 0.592. The minimum Gasteiger partial charge on any atom is -0.405 e. The van der Waals surface area contributed by atoms with Crippen LogP contribution in [0.5, 0.6) is 5.75 Å². The molecule has 0 bridgehead atoms. The molecule has 0 spiro atoms. The van der Waals surface area contributed by atoms with Gasteiger partial charge in [0.25, 0.3) is 0 Å². The molecule has 0 aliphatic rings. The first-order valence-corrected chi connectivity index (χ1v) is 4.91. The van der Waals surface area contributed by atoms with Gasteiger partial charge in [-0.3, -0.25) is 0 Å². The molecule has 1 aromatic carbocycles. The van der Waals surface area contributed by atoms with Crippen LogP contribution in [0.2, 0.25) is 0 Å². The number of halogens is 8. The van der Waals surface area contributed by atoms with Crippen molar-refractivity contribution in [3.63, 3.8) is 0 Å². The van der Waals surface area contributed by atoms with Crippen molar-refractivity contribution in [1.29, 1.82) is 0 Å². The molecule has 0 saturated carbocycles. The average molecular weight is 309 g/mol. The molecule has 20 heavy (non-hydrogen) atoms. The Morgan fingerprint density at radius 1 is 0.900 bits per heavy atom. The highest BCUT2D eigenvalue weighted by Gasteiger charge is 2.62. The Morgan fingerprint density at radius 2 is 1.40 bits per heavy atom. The highest BCUT2D eigenvalue weighted by Crippen LogP contribution is 2.45. The molecule has 114 valence electrons. The van der Waals surface area contributed by atoms with Crippen molar-refractivity contribution in [2.24, 2.45) is 5.73 Å². The van der Waals surface area contributed by atoms with Crippen LogP contribution in [0.4, 0.5) is 35.1 Å². The van der Waals surface area contributed by atoms with Gasteiger partial charge in [0.2, 0.25) is 0 Å². The van der Waals surface area contributed by atoms with E-state index in [1.54, 1.807) is 0 Å². The van der Waals surface area contributed by atoms with Gasteiger partial charge in [-0.25, -0.2) is 0 Å². The van der Waals surface area contributed by atoms with Gasteiger partial charge in [0, 0.05) is 5.56 Å². The Kier molecular flexibility index (Phi) is 4.18. The van der Waals surface area contributed by atoms with Crippen LogP contribution in [0, 0.1) is 0 Å². The predicted molar refractivity (Wildman–Crippen MR) is 51.1 cm³/mol. The monoisotopic (exact) mass is 309 g/mol. The predicted octanol–water partition coefficient (Wildman–Crippen LogP) is 3.78. The Hall–Kier alpha value is -1.58. The fraction of sp³-hybridized carbons (Fsp3) is 0.400. The van der Waals surface area contributed by atoms with Gasteiger partial charge >= 0.3 is 18.5 Å². The Bertz CT molecular complexity index is 467. The van der Waals surface area contributed by atoms with Gasteiger partial charge < -0.3 is 10.5 Å². The number of hydrogen-bond acceptors (Lipinski definition) is 2. The first kappa shape index (κ1) is 16.5. The van der Waals surface area contributed by atoms with Gasteiger partial charge in [0.15, 0.2) is 0 Å². The highest BCUT2D eigenvalue weighted by atomic mass is 19.4. The molecule has 1 atom stereocenters. The van der Waals surface area contributed by atoms with Crippen LogP contribution >= 0.6 is 0 Å². The van der Waals surface area contributed by atoms with Crippen LogP contribution in [-0.4, -0.2) is 18.5 Å². The fourth-order valence-electron chi connectivity index (χ4n) is 1.33. The van der Waals surface area contributed by atoms with Crippen LogP contribution < -0.4 is 10.5 Å². The molecule has 2 N–H and O–H groups in total. The van der Waals surface area contributed by atoms with Gasteiger partial charge in [-0.15, -0.1) is 13.2 Å². The zero-order valence-corrected chi connectivity index (χ0v) is 9.40. The number of nitrogens with two attached hydrogens (primary N) is 1. The number of hydrogen-bond donors (Lipinski definition) is 1. The fourth-order valence-corrected chi connectivity index (χ4v) is 1.33. The highest BCUT2D eigenvalue weighted by molar-refractivity contribution is 5.37. The summed E-state index contributed by atoms with van der Waals surface area (Å²) in [5.41, 5.74) is 3.66. The molecule has 0 radical (unpaired) electrons. The Balaban J connectivity index is 3.20. The summed E-state index contributed by atoms with van der Waals surface area (Å²) in [5.74, 6) is -6.62. The molecule has 2 nitrogen and oxygen atoms in total. The zero-order valence-electron chi connectivity index (χ0n) is 9.40. The van der Waals surface area contributed by atoms with E-state index in [9.17, 15) is 35.1 Å². The summed E-state index contributed by atoms with van der Waals surface area (Å²) in [5, 5.41) is 0. The lowest BCUT2D eigenvalue weighted by Gasteiger charge is -2.27. The van der Waals surface area contributed by atoms with Gasteiger partial charge in [-0.1, -0.05) is 18.2 Å². The summed E-state index contributed by atoms with van der Waals surface area (Å²) in [7, 11) is 0. The summed E-state index contributed by atoms with van der Waals surface area (Å²) in [6.45, 7) is 0. The van der Waals surface area contributed by atoms with Crippen LogP contribution in [0.1, 0.15) is 11.6 Å². The van der Waals surface area contributed by atoms with Crippen molar-refractivity contribution in [2.75, 3.05) is 0 Å². The first-order valence-electron chi connectivity index (χ1n) is 4.91. The van der Waals surface area contributed by atoms with E-state index in [0.717, 1.165) is 12.1 Å². The minimum atomic E-state index is -6.00. The molecule has 1 rings (SSSR count). The standard InChI is InChI=1S/C10H7F8NO/c11-8(12,9(13,14)15)7(19)5-3-1-2-4-6(5)20-10(16,17)18/h1-4,7H,19H2/t7-/m0/s1. The van der Waals surface area contributed by atoms with Crippen molar-refractivity contribution in [2.45, 2.75) is 24.5 Å². The third-order valence-electron chi connectivity index (χ3n) is 2.25. The SMILES string of the molecule is N[C@@H](c1ccccc1OC(F)(F)F)C(F)(F)C(F)(F)F. The second kappa shape index (κ2) is 5.08. The van der Waals surface area contributed by atoms with Crippen molar-refractivity contribution < 1.29 is 39.9 Å². The third kappa shape index (κ3) is 3.50. The molecule has 0 fully saturated rings. The topological polar surface area (TPSA) is 35.2 Å². The molecule has 0 heterocycles. The number of benzene rings is 1. The van der Waals surface area contributed by atoms with Gasteiger partial charge in [-0.2, -0.15) is 22.0 Å². The van der Waals surface area contributed by atoms with Crippen molar-refractivity contribution in [3.8, 4) is 5.75 Å². The quantitative estimate of drug-likeness (QED) is 0.862. The van der Waals surface area contributed by atoms with Crippen molar-refractivity contribution in [1.82, 2.24) is 0 Å². The largest absolute Gasteiger partial charge is 0.573 e. The van der Waals surface area contributed by atoms with Gasteiger partial charge in [0.1, 0.15) is 11.8 Å². The molecule has 0 aromatic heterocycles. The van der Waals surface area contributed by atoms with E-state index in [2.05, 4.69) is 4.74 Å². The molecular weight excluding hydrogens is 302 g/mol. The smallest absolute Gasteiger partial charge is 0.405 e. The number of alkyl halides is 8. The summed E-state index contributed by atoms with van der Waals surface area (Å²) in [6, 6.07) is 0.107. The number of rotatable bonds is 3. The van der Waals surface area contributed by atoms with E-state index in [-0.39, 0.29) is 0 Å². The maximum absolute atomic E-state index is 13.0. The maximum atomic E-state index is 13.0. The summed E-state index contributed by atoms with van der Waals surface area (Å²) >= 11 is 0. The van der Waals surface area contributed by atoms with Crippen LogP contribution in [-0.2, 0) is 0 Å². The number of ether oxygens (including phenoxy) is 1. The summed E-state index contributed by atoms with van der Waals surface area (Å²) in [4.78, 5) is 0. The third-order valence-corrected chi connectivity index (χ3v) is 2.25. The van der Waals surface area contributed by atoms with Crippen molar-refractivity contribution >= 4 is 0 Å². The van der Waals surface area contributed by atoms with E-state index in [1.165, 1.54) is 0 Å². The van der Waals surface area contributed by atoms with E-state index < -0.39 is 35.8 Å². The molecule has 10 heteroatoms. The lowest BCUT2D eigenvalue weighted by molar-refractivity contribution is -0.292. The average Bonchev–Trinajstić information content (AvgIpc) is 2.25. The second-order valence-electron chi connectivity index (χ2n) is 3.68. The van der Waals surface area contributed by atoms with E-state index in [4.69, 9.17) is 5.73 Å². The zero-order chi connectivity index (χ0) is 15.8. The first-order chi connectivity index (χ1) is 8.86. The lowest BCUT2D eigenvalue weighted by atomic mass is 10.00. The molecule has 0 saturated heterocycles.